The third-order valence-corrected chi connectivity index (χ3v) is 6.79. The molecule has 1 atom stereocenters. The van der Waals surface area contributed by atoms with E-state index in [0.717, 1.165) is 41.4 Å². The van der Waals surface area contributed by atoms with Crippen LogP contribution in [0.2, 0.25) is 0 Å². The van der Waals surface area contributed by atoms with Crippen molar-refractivity contribution in [3.05, 3.63) is 129 Å². The second kappa shape index (κ2) is 9.79. The first kappa shape index (κ1) is 22.9. The molecule has 5 rings (SSSR count). The fourth-order valence-corrected chi connectivity index (χ4v) is 4.97. The summed E-state index contributed by atoms with van der Waals surface area (Å²) in [5, 5.41) is 3.59. The Bertz CT molecular complexity index is 1390. The van der Waals surface area contributed by atoms with Crippen LogP contribution in [0, 0.1) is 20.3 Å². The van der Waals surface area contributed by atoms with E-state index in [2.05, 4.69) is 46.4 Å². The first-order chi connectivity index (χ1) is 17.0. The summed E-state index contributed by atoms with van der Waals surface area (Å²) < 4.78 is 8.25. The molecule has 0 spiro atoms. The molecule has 0 saturated carbocycles. The molecule has 0 saturated heterocycles. The van der Waals surface area contributed by atoms with Crippen LogP contribution in [0.15, 0.2) is 100 Å². The van der Waals surface area contributed by atoms with Crippen LogP contribution in [-0.4, -0.2) is 15.6 Å². The lowest BCUT2D eigenvalue weighted by atomic mass is 9.93. The van der Waals surface area contributed by atoms with E-state index in [-0.39, 0.29) is 13.0 Å². The smallest absolute Gasteiger partial charge is 0.281 e. The third kappa shape index (κ3) is 4.72. The van der Waals surface area contributed by atoms with Crippen LogP contribution in [0.3, 0.4) is 0 Å². The second-order valence-corrected chi connectivity index (χ2v) is 9.05. The number of aromatic nitrogens is 2. The average molecular weight is 467 g/mol. The van der Waals surface area contributed by atoms with Crippen molar-refractivity contribution in [2.24, 2.45) is 0 Å². The highest BCUT2D eigenvalue weighted by molar-refractivity contribution is 5.64. The maximum Gasteiger partial charge on any atom is 0.281 e. The Morgan fingerprint density at radius 2 is 1.74 bits per heavy atom. The van der Waals surface area contributed by atoms with Gasteiger partial charge in [0.1, 0.15) is 18.2 Å². The zero-order valence-electron chi connectivity index (χ0n) is 20.4. The molecule has 2 aromatic carbocycles. The van der Waals surface area contributed by atoms with E-state index in [1.165, 1.54) is 16.8 Å². The predicted octanol–water partition coefficient (Wildman–Crippen LogP) is 5.65. The summed E-state index contributed by atoms with van der Waals surface area (Å²) in [5.74, 6) is 1.61. The van der Waals surface area contributed by atoms with Crippen LogP contribution in [-0.2, 0) is 17.9 Å². The SMILES string of the molecule is CC1=C(CCn2c(C)nc(=O)c(-c3ccccc3)c2C)C2=CC(OCc3ccccc3)=C[CH]C2N1.[HH]. The maximum absolute atomic E-state index is 12.7. The molecular weight excluding hydrogens is 434 g/mol. The van der Waals surface area contributed by atoms with Crippen LogP contribution >= 0.6 is 0 Å². The van der Waals surface area contributed by atoms with E-state index in [0.29, 0.717) is 12.2 Å². The van der Waals surface area contributed by atoms with Gasteiger partial charge in [-0.3, -0.25) is 4.79 Å². The molecule has 1 aliphatic carbocycles. The molecule has 2 heterocycles. The Kier molecular flexibility index (Phi) is 6.41. The molecule has 2 aliphatic rings. The van der Waals surface area contributed by atoms with Crippen LogP contribution in [0.4, 0.5) is 0 Å². The summed E-state index contributed by atoms with van der Waals surface area (Å²) in [6.45, 7) is 7.34. The average Bonchev–Trinajstić information content (AvgIpc) is 3.18. The molecule has 5 nitrogen and oxygen atoms in total. The molecule has 1 radical (unpaired) electrons. The lowest BCUT2D eigenvalue weighted by molar-refractivity contribution is 0.209. The number of nitrogens with one attached hydrogen (secondary N) is 1. The summed E-state index contributed by atoms with van der Waals surface area (Å²) in [6.07, 6.45) is 7.20. The van der Waals surface area contributed by atoms with Crippen molar-refractivity contribution in [1.82, 2.24) is 14.9 Å². The minimum Gasteiger partial charge on any atom is -0.489 e. The topological polar surface area (TPSA) is 56.2 Å². The van der Waals surface area contributed by atoms with Gasteiger partial charge in [0.25, 0.3) is 5.56 Å². The number of hydrogen-bond acceptors (Lipinski definition) is 4. The van der Waals surface area contributed by atoms with Gasteiger partial charge in [0.2, 0.25) is 0 Å². The highest BCUT2D eigenvalue weighted by atomic mass is 16.5. The number of rotatable bonds is 7. The molecule has 1 N–H and O–H groups in total. The molecular formula is C30H32N3O2. The van der Waals surface area contributed by atoms with Crippen molar-refractivity contribution in [3.63, 3.8) is 0 Å². The monoisotopic (exact) mass is 466 g/mol. The zero-order chi connectivity index (χ0) is 24.4. The van der Waals surface area contributed by atoms with Gasteiger partial charge < -0.3 is 14.6 Å². The molecule has 5 heteroatoms. The molecule has 1 aromatic heterocycles. The maximum atomic E-state index is 12.7. The molecule has 1 unspecified atom stereocenters. The first-order valence-electron chi connectivity index (χ1n) is 12.0. The molecule has 3 aromatic rings. The van der Waals surface area contributed by atoms with E-state index in [1.807, 2.05) is 68.5 Å². The highest BCUT2D eigenvalue weighted by Crippen LogP contribution is 2.34. The Balaban J connectivity index is 0.00000304. The van der Waals surface area contributed by atoms with Crippen LogP contribution in [0.5, 0.6) is 0 Å². The Labute approximate surface area is 208 Å². The van der Waals surface area contributed by atoms with Crippen molar-refractivity contribution in [2.45, 2.75) is 46.4 Å². The van der Waals surface area contributed by atoms with E-state index in [1.54, 1.807) is 0 Å². The van der Waals surface area contributed by atoms with Crippen molar-refractivity contribution >= 4 is 0 Å². The van der Waals surface area contributed by atoms with E-state index < -0.39 is 0 Å². The van der Waals surface area contributed by atoms with Gasteiger partial charge in [-0.2, -0.15) is 4.98 Å². The van der Waals surface area contributed by atoms with Crippen molar-refractivity contribution < 1.29 is 6.16 Å². The summed E-state index contributed by atoms with van der Waals surface area (Å²) in [7, 11) is 0. The van der Waals surface area contributed by atoms with Crippen molar-refractivity contribution in [3.8, 4) is 11.1 Å². The molecule has 1 aliphatic heterocycles. The number of fused-ring (bicyclic) bond motifs is 1. The molecule has 0 amide bonds. The molecule has 179 valence electrons. The Morgan fingerprint density at radius 3 is 2.49 bits per heavy atom. The minimum absolute atomic E-state index is 0. The Morgan fingerprint density at radius 1 is 1.03 bits per heavy atom. The number of aryl methyl sites for hydroxylation is 1. The summed E-state index contributed by atoms with van der Waals surface area (Å²) in [6, 6.07) is 20.2. The summed E-state index contributed by atoms with van der Waals surface area (Å²) >= 11 is 0. The summed E-state index contributed by atoms with van der Waals surface area (Å²) in [5.41, 5.74) is 7.23. The molecule has 0 fully saturated rings. The van der Waals surface area contributed by atoms with Crippen LogP contribution < -0.4 is 10.9 Å². The van der Waals surface area contributed by atoms with Gasteiger partial charge in [0.15, 0.2) is 0 Å². The molecule has 35 heavy (non-hydrogen) atoms. The van der Waals surface area contributed by atoms with Gasteiger partial charge in [0.05, 0.1) is 11.6 Å². The highest BCUT2D eigenvalue weighted by Gasteiger charge is 2.29. The van der Waals surface area contributed by atoms with E-state index >= 15 is 0 Å². The normalized spacial score (nSPS) is 16.9. The van der Waals surface area contributed by atoms with Gasteiger partial charge in [0, 0.05) is 25.8 Å². The van der Waals surface area contributed by atoms with Crippen molar-refractivity contribution in [1.29, 1.82) is 0 Å². The predicted molar refractivity (Wildman–Crippen MR) is 141 cm³/mol. The van der Waals surface area contributed by atoms with E-state index in [4.69, 9.17) is 4.74 Å². The van der Waals surface area contributed by atoms with Gasteiger partial charge in [-0.25, -0.2) is 0 Å². The van der Waals surface area contributed by atoms with Crippen LogP contribution in [0.25, 0.3) is 11.1 Å². The fraction of sp³-hybridized carbons (Fsp3) is 0.233. The van der Waals surface area contributed by atoms with Gasteiger partial charge in [-0.15, -0.1) is 0 Å². The lowest BCUT2D eigenvalue weighted by Crippen LogP contribution is -2.25. The largest absolute Gasteiger partial charge is 0.489 e. The van der Waals surface area contributed by atoms with Gasteiger partial charge in [-0.05, 0) is 61.6 Å². The summed E-state index contributed by atoms with van der Waals surface area (Å²) in [4.78, 5) is 17.1. The standard InChI is InChI=1S/C30H30N3O2.H2/c1-20-26(27-18-25(14-15-28(27)31-20)35-19-23-10-6-4-7-11-23)16-17-33-21(2)29(30(34)32-22(33)3)24-12-8-5-9-13-24;/h4-15,18,28,31H,16-17,19H2,1-3H3;1H. The van der Waals surface area contributed by atoms with Crippen LogP contribution in [0.1, 0.15) is 31.9 Å². The third-order valence-electron chi connectivity index (χ3n) is 6.79. The Hall–Kier alpha value is -3.86. The quantitative estimate of drug-likeness (QED) is 0.489. The fourth-order valence-electron chi connectivity index (χ4n) is 4.97. The zero-order valence-corrected chi connectivity index (χ0v) is 20.4. The number of hydrogen-bond donors (Lipinski definition) is 1. The minimum atomic E-state index is -0.171. The van der Waals surface area contributed by atoms with Gasteiger partial charge in [-0.1, -0.05) is 60.7 Å². The number of allylic oxidation sites excluding steroid dienone is 2. The number of benzene rings is 2. The number of nitrogens with zero attached hydrogens (tertiary/aromatic N) is 2. The van der Waals surface area contributed by atoms with E-state index in [9.17, 15) is 4.79 Å². The molecule has 0 bridgehead atoms. The lowest BCUT2D eigenvalue weighted by Gasteiger charge is -2.21. The van der Waals surface area contributed by atoms with Gasteiger partial charge >= 0.3 is 0 Å². The second-order valence-electron chi connectivity index (χ2n) is 9.05. The number of ether oxygens (including phenoxy) is 1. The van der Waals surface area contributed by atoms with Crippen molar-refractivity contribution in [2.75, 3.05) is 0 Å². The first-order valence-corrected chi connectivity index (χ1v) is 12.0.